The molecule has 2 aliphatic heterocycles. The molecule has 0 radical (unpaired) electrons. The third-order valence-electron chi connectivity index (χ3n) is 2.97. The fraction of sp³-hybridized carbons (Fsp3) is 0.167. The Morgan fingerprint density at radius 1 is 1.24 bits per heavy atom. The van der Waals surface area contributed by atoms with E-state index in [0.29, 0.717) is 11.4 Å². The Morgan fingerprint density at radius 2 is 2.06 bits per heavy atom. The smallest absolute Gasteiger partial charge is 0.231 e. The highest BCUT2D eigenvalue weighted by atomic mass is 16.7. The van der Waals surface area contributed by atoms with Crippen molar-refractivity contribution in [3.05, 3.63) is 47.8 Å². The summed E-state index contributed by atoms with van der Waals surface area (Å²) < 4.78 is 10.6. The monoisotopic (exact) mass is 231 g/mol. The summed E-state index contributed by atoms with van der Waals surface area (Å²) in [7, 11) is 0. The molecule has 2 heterocycles. The van der Waals surface area contributed by atoms with Crippen LogP contribution in [-0.2, 0) is 5.66 Å². The normalized spacial score (nSPS) is 25.4. The number of allylic oxidation sites excluding steroid dienone is 2. The number of nitrogens with one attached hydrogen (secondary N) is 1. The standard InChI is InChI=1S/C12H13N3O2/c13-11-2-1-5-15-12(11,14)8-3-4-9-10(6-8)17-7-16-9/h1-6,15H,7,13-14H2. The van der Waals surface area contributed by atoms with Gasteiger partial charge in [-0.2, -0.15) is 0 Å². The zero-order valence-corrected chi connectivity index (χ0v) is 9.14. The Balaban J connectivity index is 2.04. The molecule has 5 heteroatoms. The topological polar surface area (TPSA) is 82.5 Å². The van der Waals surface area contributed by atoms with Gasteiger partial charge < -0.3 is 20.5 Å². The predicted molar refractivity (Wildman–Crippen MR) is 63.0 cm³/mol. The van der Waals surface area contributed by atoms with Gasteiger partial charge in [0.1, 0.15) is 0 Å². The van der Waals surface area contributed by atoms with Gasteiger partial charge in [0.25, 0.3) is 0 Å². The molecule has 0 aliphatic carbocycles. The molecule has 0 spiro atoms. The van der Waals surface area contributed by atoms with Crippen molar-refractivity contribution in [2.45, 2.75) is 5.66 Å². The Kier molecular flexibility index (Phi) is 2.02. The summed E-state index contributed by atoms with van der Waals surface area (Å²) in [5.74, 6) is 1.42. The molecule has 5 N–H and O–H groups in total. The Morgan fingerprint density at radius 3 is 2.88 bits per heavy atom. The maximum atomic E-state index is 6.27. The molecule has 0 bridgehead atoms. The van der Waals surface area contributed by atoms with Crippen LogP contribution in [0.5, 0.6) is 11.5 Å². The summed E-state index contributed by atoms with van der Waals surface area (Å²) in [6.07, 6.45) is 5.36. The maximum absolute atomic E-state index is 6.27. The number of ether oxygens (including phenoxy) is 2. The van der Waals surface area contributed by atoms with Gasteiger partial charge in [0, 0.05) is 5.56 Å². The molecule has 3 rings (SSSR count). The second-order valence-electron chi connectivity index (χ2n) is 4.00. The lowest BCUT2D eigenvalue weighted by molar-refractivity contribution is 0.174. The van der Waals surface area contributed by atoms with E-state index in [-0.39, 0.29) is 6.79 Å². The summed E-state index contributed by atoms with van der Waals surface area (Å²) in [6.45, 7) is 0.245. The van der Waals surface area contributed by atoms with Crippen LogP contribution >= 0.6 is 0 Å². The van der Waals surface area contributed by atoms with Crippen molar-refractivity contribution in [1.82, 2.24) is 5.32 Å². The molecule has 0 amide bonds. The number of hydrogen-bond acceptors (Lipinski definition) is 5. The number of benzene rings is 1. The molecule has 1 unspecified atom stereocenters. The van der Waals surface area contributed by atoms with Gasteiger partial charge in [0.15, 0.2) is 17.2 Å². The minimum absolute atomic E-state index is 0.245. The van der Waals surface area contributed by atoms with E-state index in [1.165, 1.54) is 0 Å². The third-order valence-corrected chi connectivity index (χ3v) is 2.97. The van der Waals surface area contributed by atoms with Crippen molar-refractivity contribution in [1.29, 1.82) is 0 Å². The van der Waals surface area contributed by atoms with E-state index in [1.54, 1.807) is 12.3 Å². The van der Waals surface area contributed by atoms with Crippen LogP contribution in [0.2, 0.25) is 0 Å². The molecule has 1 atom stereocenters. The van der Waals surface area contributed by atoms with Gasteiger partial charge in [0.2, 0.25) is 6.79 Å². The lowest BCUT2D eigenvalue weighted by Crippen LogP contribution is -2.53. The first kappa shape index (κ1) is 10.0. The molecular weight excluding hydrogens is 218 g/mol. The SMILES string of the molecule is NC1=CC=CNC1(N)c1ccc2c(c1)OCO2. The van der Waals surface area contributed by atoms with E-state index in [1.807, 2.05) is 24.3 Å². The molecule has 2 aliphatic rings. The molecule has 0 aromatic heterocycles. The number of dihydropyridines is 1. The molecule has 17 heavy (non-hydrogen) atoms. The average Bonchev–Trinajstić information content (AvgIpc) is 2.80. The van der Waals surface area contributed by atoms with Crippen LogP contribution < -0.4 is 26.3 Å². The van der Waals surface area contributed by atoms with E-state index in [0.717, 1.165) is 11.3 Å². The molecular formula is C12H13N3O2. The Hall–Kier alpha value is -2.14. The molecule has 5 nitrogen and oxygen atoms in total. The van der Waals surface area contributed by atoms with Crippen LogP contribution in [0.1, 0.15) is 5.56 Å². The van der Waals surface area contributed by atoms with Crippen molar-refractivity contribution < 1.29 is 9.47 Å². The summed E-state index contributed by atoms with van der Waals surface area (Å²) in [5, 5.41) is 3.06. The first-order valence-electron chi connectivity index (χ1n) is 5.29. The number of nitrogens with two attached hydrogens (primary N) is 2. The van der Waals surface area contributed by atoms with E-state index in [9.17, 15) is 0 Å². The van der Waals surface area contributed by atoms with E-state index >= 15 is 0 Å². The van der Waals surface area contributed by atoms with E-state index in [4.69, 9.17) is 20.9 Å². The number of rotatable bonds is 1. The zero-order chi connectivity index (χ0) is 11.9. The van der Waals surface area contributed by atoms with Crippen LogP contribution in [0.15, 0.2) is 42.2 Å². The second kappa shape index (κ2) is 3.43. The number of fused-ring (bicyclic) bond motifs is 1. The number of hydrogen-bond donors (Lipinski definition) is 3. The fourth-order valence-electron chi connectivity index (χ4n) is 1.94. The largest absolute Gasteiger partial charge is 0.454 e. The van der Waals surface area contributed by atoms with Crippen LogP contribution in [0, 0.1) is 0 Å². The van der Waals surface area contributed by atoms with Crippen molar-refractivity contribution in [2.24, 2.45) is 11.5 Å². The molecule has 0 saturated heterocycles. The quantitative estimate of drug-likeness (QED) is 0.655. The Bertz CT molecular complexity index is 524. The summed E-state index contributed by atoms with van der Waals surface area (Å²) in [6, 6.07) is 5.55. The highest BCUT2D eigenvalue weighted by Crippen LogP contribution is 2.36. The van der Waals surface area contributed by atoms with Gasteiger partial charge in [-0.1, -0.05) is 6.07 Å². The molecule has 0 fully saturated rings. The summed E-state index contributed by atoms with van der Waals surface area (Å²) >= 11 is 0. The average molecular weight is 231 g/mol. The van der Waals surface area contributed by atoms with Crippen molar-refractivity contribution in [3.8, 4) is 11.5 Å². The van der Waals surface area contributed by atoms with Crippen LogP contribution in [0.25, 0.3) is 0 Å². The highest BCUT2D eigenvalue weighted by molar-refractivity contribution is 5.49. The van der Waals surface area contributed by atoms with Gasteiger partial charge in [-0.15, -0.1) is 0 Å². The summed E-state index contributed by atoms with van der Waals surface area (Å²) in [5.41, 5.74) is 12.7. The van der Waals surface area contributed by atoms with Crippen molar-refractivity contribution in [2.75, 3.05) is 6.79 Å². The van der Waals surface area contributed by atoms with Crippen molar-refractivity contribution >= 4 is 0 Å². The first-order valence-corrected chi connectivity index (χ1v) is 5.29. The van der Waals surface area contributed by atoms with Gasteiger partial charge in [-0.05, 0) is 30.5 Å². The second-order valence-corrected chi connectivity index (χ2v) is 4.00. The van der Waals surface area contributed by atoms with Crippen LogP contribution in [0.3, 0.4) is 0 Å². The highest BCUT2D eigenvalue weighted by Gasteiger charge is 2.31. The zero-order valence-electron chi connectivity index (χ0n) is 9.14. The minimum atomic E-state index is -0.893. The van der Waals surface area contributed by atoms with Gasteiger partial charge in [0.05, 0.1) is 5.70 Å². The van der Waals surface area contributed by atoms with Crippen LogP contribution in [-0.4, -0.2) is 6.79 Å². The predicted octanol–water partition coefficient (Wildman–Crippen LogP) is 0.486. The van der Waals surface area contributed by atoms with Gasteiger partial charge >= 0.3 is 0 Å². The molecule has 1 aromatic carbocycles. The fourth-order valence-corrected chi connectivity index (χ4v) is 1.94. The Labute approximate surface area is 98.7 Å². The van der Waals surface area contributed by atoms with Crippen molar-refractivity contribution in [3.63, 3.8) is 0 Å². The maximum Gasteiger partial charge on any atom is 0.231 e. The van der Waals surface area contributed by atoms with E-state index in [2.05, 4.69) is 5.32 Å². The molecule has 0 saturated carbocycles. The van der Waals surface area contributed by atoms with E-state index < -0.39 is 5.66 Å². The minimum Gasteiger partial charge on any atom is -0.454 e. The van der Waals surface area contributed by atoms with Crippen LogP contribution in [0.4, 0.5) is 0 Å². The third kappa shape index (κ3) is 1.43. The lowest BCUT2D eigenvalue weighted by atomic mass is 9.95. The summed E-state index contributed by atoms with van der Waals surface area (Å²) in [4.78, 5) is 0. The molecule has 88 valence electrons. The first-order chi connectivity index (χ1) is 8.20. The van der Waals surface area contributed by atoms with Gasteiger partial charge in [-0.25, -0.2) is 0 Å². The lowest BCUT2D eigenvalue weighted by Gasteiger charge is -2.32. The molecule has 1 aromatic rings. The van der Waals surface area contributed by atoms with Gasteiger partial charge in [-0.3, -0.25) is 5.73 Å².